The highest BCUT2D eigenvalue weighted by Gasteiger charge is 2.11. The summed E-state index contributed by atoms with van der Waals surface area (Å²) in [6.45, 7) is 0.892. The second kappa shape index (κ2) is 6.41. The molecule has 1 fully saturated rings. The normalized spacial score (nSPS) is 17.9. The molecule has 0 amide bonds. The Morgan fingerprint density at radius 2 is 1.88 bits per heavy atom. The fourth-order valence-corrected chi connectivity index (χ4v) is 2.83. The number of aromatic hydroxyl groups is 1. The molecule has 1 saturated carbocycles. The third-order valence-corrected chi connectivity index (χ3v) is 4.10. The van der Waals surface area contributed by atoms with Crippen LogP contribution in [0.4, 0.5) is 0 Å². The zero-order chi connectivity index (χ0) is 12.1. The van der Waals surface area contributed by atoms with Gasteiger partial charge in [0.15, 0.2) is 0 Å². The number of nitrogens with one attached hydrogen (secondary N) is 1. The predicted octanol–water partition coefficient (Wildman–Crippen LogP) is 3.97. The van der Waals surface area contributed by atoms with Crippen molar-refractivity contribution in [2.45, 2.75) is 51.1 Å². The van der Waals surface area contributed by atoms with Crippen LogP contribution in [0.3, 0.4) is 0 Å². The lowest BCUT2D eigenvalue weighted by atomic mass is 10.1. The first-order valence-corrected chi connectivity index (χ1v) is 7.26. The standard InChI is InChI=1S/C14H20BrNO/c15-13-9-11(7-8-14(13)17)10-16-12-5-3-1-2-4-6-12/h7-9,12,16-17H,1-6,10H2. The van der Waals surface area contributed by atoms with Gasteiger partial charge in [0.1, 0.15) is 5.75 Å². The average Bonchev–Trinajstić information content (AvgIpc) is 2.59. The summed E-state index contributed by atoms with van der Waals surface area (Å²) in [5.41, 5.74) is 1.22. The minimum absolute atomic E-state index is 0.309. The molecule has 3 heteroatoms. The van der Waals surface area contributed by atoms with E-state index in [4.69, 9.17) is 0 Å². The van der Waals surface area contributed by atoms with E-state index >= 15 is 0 Å². The van der Waals surface area contributed by atoms with Crippen LogP contribution in [0.15, 0.2) is 22.7 Å². The molecular weight excluding hydrogens is 278 g/mol. The lowest BCUT2D eigenvalue weighted by Gasteiger charge is -2.16. The topological polar surface area (TPSA) is 32.3 Å². The highest BCUT2D eigenvalue weighted by Crippen LogP contribution is 2.24. The minimum Gasteiger partial charge on any atom is -0.507 e. The van der Waals surface area contributed by atoms with Gasteiger partial charge < -0.3 is 10.4 Å². The van der Waals surface area contributed by atoms with Crippen molar-refractivity contribution >= 4 is 15.9 Å². The van der Waals surface area contributed by atoms with Crippen molar-refractivity contribution in [2.24, 2.45) is 0 Å². The zero-order valence-electron chi connectivity index (χ0n) is 10.1. The third-order valence-electron chi connectivity index (χ3n) is 3.46. The molecule has 0 unspecified atom stereocenters. The maximum atomic E-state index is 9.43. The van der Waals surface area contributed by atoms with Gasteiger partial charge in [-0.25, -0.2) is 0 Å². The maximum Gasteiger partial charge on any atom is 0.129 e. The molecule has 1 aromatic rings. The summed E-state index contributed by atoms with van der Waals surface area (Å²) in [5.74, 6) is 0.309. The quantitative estimate of drug-likeness (QED) is 0.828. The van der Waals surface area contributed by atoms with Gasteiger partial charge in [-0.15, -0.1) is 0 Å². The molecule has 0 aliphatic heterocycles. The van der Waals surface area contributed by atoms with Crippen LogP contribution in [0.2, 0.25) is 0 Å². The number of hydrogen-bond acceptors (Lipinski definition) is 2. The molecule has 17 heavy (non-hydrogen) atoms. The van der Waals surface area contributed by atoms with E-state index in [0.717, 1.165) is 11.0 Å². The summed E-state index contributed by atoms with van der Waals surface area (Å²) in [4.78, 5) is 0. The largest absolute Gasteiger partial charge is 0.507 e. The number of halogens is 1. The summed E-state index contributed by atoms with van der Waals surface area (Å²) in [5, 5.41) is 13.1. The highest BCUT2D eigenvalue weighted by atomic mass is 79.9. The maximum absolute atomic E-state index is 9.43. The Balaban J connectivity index is 1.85. The summed E-state index contributed by atoms with van der Waals surface area (Å²) in [7, 11) is 0. The van der Waals surface area contributed by atoms with Crippen LogP contribution in [-0.2, 0) is 6.54 Å². The number of phenols is 1. The molecule has 0 radical (unpaired) electrons. The summed E-state index contributed by atoms with van der Waals surface area (Å²) in [6.07, 6.45) is 8.11. The third kappa shape index (κ3) is 4.00. The van der Waals surface area contributed by atoms with Gasteiger partial charge in [0.25, 0.3) is 0 Å². The van der Waals surface area contributed by atoms with Gasteiger partial charge in [-0.2, -0.15) is 0 Å². The van der Waals surface area contributed by atoms with Crippen molar-refractivity contribution in [3.63, 3.8) is 0 Å². The summed E-state index contributed by atoms with van der Waals surface area (Å²) < 4.78 is 0.776. The monoisotopic (exact) mass is 297 g/mol. The van der Waals surface area contributed by atoms with Crippen LogP contribution in [0.25, 0.3) is 0 Å². The molecule has 2 rings (SSSR count). The molecule has 1 aliphatic carbocycles. The van der Waals surface area contributed by atoms with E-state index in [2.05, 4.69) is 21.2 Å². The molecule has 0 spiro atoms. The molecule has 1 aliphatic rings. The molecular formula is C14H20BrNO. The van der Waals surface area contributed by atoms with Gasteiger partial charge >= 0.3 is 0 Å². The van der Waals surface area contributed by atoms with Crippen molar-refractivity contribution < 1.29 is 5.11 Å². The number of rotatable bonds is 3. The van der Waals surface area contributed by atoms with E-state index in [9.17, 15) is 5.11 Å². The van der Waals surface area contributed by atoms with Crippen LogP contribution in [0.5, 0.6) is 5.75 Å². The number of benzene rings is 1. The van der Waals surface area contributed by atoms with Crippen LogP contribution in [0, 0.1) is 0 Å². The van der Waals surface area contributed by atoms with E-state index in [-0.39, 0.29) is 0 Å². The first kappa shape index (κ1) is 12.9. The van der Waals surface area contributed by atoms with Gasteiger partial charge in [-0.1, -0.05) is 31.7 Å². The van der Waals surface area contributed by atoms with Crippen LogP contribution < -0.4 is 5.32 Å². The minimum atomic E-state index is 0.309. The van der Waals surface area contributed by atoms with E-state index < -0.39 is 0 Å². The predicted molar refractivity (Wildman–Crippen MR) is 74.1 cm³/mol. The zero-order valence-corrected chi connectivity index (χ0v) is 11.7. The Labute approximate surface area is 112 Å². The molecule has 2 nitrogen and oxygen atoms in total. The molecule has 1 aromatic carbocycles. The number of hydrogen-bond donors (Lipinski definition) is 2. The Morgan fingerprint density at radius 1 is 1.18 bits per heavy atom. The lowest BCUT2D eigenvalue weighted by molar-refractivity contribution is 0.457. The van der Waals surface area contributed by atoms with Crippen molar-refractivity contribution in [1.29, 1.82) is 0 Å². The van der Waals surface area contributed by atoms with E-state index in [0.29, 0.717) is 11.8 Å². The van der Waals surface area contributed by atoms with Gasteiger partial charge in [-0.05, 0) is 46.5 Å². The second-order valence-corrected chi connectivity index (χ2v) is 5.71. The van der Waals surface area contributed by atoms with E-state index in [1.165, 1.54) is 44.1 Å². The molecule has 0 atom stereocenters. The van der Waals surface area contributed by atoms with Crippen LogP contribution in [0.1, 0.15) is 44.1 Å². The first-order valence-electron chi connectivity index (χ1n) is 6.46. The van der Waals surface area contributed by atoms with Crippen LogP contribution in [-0.4, -0.2) is 11.1 Å². The molecule has 0 saturated heterocycles. The van der Waals surface area contributed by atoms with Crippen molar-refractivity contribution in [2.75, 3.05) is 0 Å². The van der Waals surface area contributed by atoms with Crippen LogP contribution >= 0.6 is 15.9 Å². The Hall–Kier alpha value is -0.540. The Morgan fingerprint density at radius 3 is 2.53 bits per heavy atom. The van der Waals surface area contributed by atoms with Gasteiger partial charge in [0, 0.05) is 12.6 Å². The molecule has 94 valence electrons. The average molecular weight is 298 g/mol. The van der Waals surface area contributed by atoms with Gasteiger partial charge in [0.2, 0.25) is 0 Å². The van der Waals surface area contributed by atoms with Crippen molar-refractivity contribution in [3.8, 4) is 5.75 Å². The van der Waals surface area contributed by atoms with Crippen molar-refractivity contribution in [1.82, 2.24) is 5.32 Å². The fraction of sp³-hybridized carbons (Fsp3) is 0.571. The highest BCUT2D eigenvalue weighted by molar-refractivity contribution is 9.10. The summed E-state index contributed by atoms with van der Waals surface area (Å²) >= 11 is 3.35. The SMILES string of the molecule is Oc1ccc(CNC2CCCCCC2)cc1Br. The van der Waals surface area contributed by atoms with Crippen molar-refractivity contribution in [3.05, 3.63) is 28.2 Å². The summed E-state index contributed by atoms with van der Waals surface area (Å²) in [6, 6.07) is 6.38. The van der Waals surface area contributed by atoms with Gasteiger partial charge in [-0.3, -0.25) is 0 Å². The molecule has 0 heterocycles. The molecule has 0 bridgehead atoms. The smallest absolute Gasteiger partial charge is 0.129 e. The lowest BCUT2D eigenvalue weighted by Crippen LogP contribution is -2.27. The first-order chi connectivity index (χ1) is 8.25. The Kier molecular flexibility index (Phi) is 4.86. The fourth-order valence-electron chi connectivity index (χ4n) is 2.41. The Bertz CT molecular complexity index is 359. The molecule has 0 aromatic heterocycles. The van der Waals surface area contributed by atoms with E-state index in [1.807, 2.05) is 12.1 Å². The number of phenolic OH excluding ortho intramolecular Hbond substituents is 1. The molecule has 2 N–H and O–H groups in total. The van der Waals surface area contributed by atoms with Gasteiger partial charge in [0.05, 0.1) is 4.47 Å². The van der Waals surface area contributed by atoms with E-state index in [1.54, 1.807) is 6.07 Å². The second-order valence-electron chi connectivity index (χ2n) is 4.86.